The maximum atomic E-state index is 13.2. The van der Waals surface area contributed by atoms with Crippen molar-refractivity contribution in [2.75, 3.05) is 13.1 Å². The minimum absolute atomic E-state index is 0.123. The molecule has 3 rings (SSSR count). The molecule has 0 saturated carbocycles. The Balaban J connectivity index is 1.57. The Labute approximate surface area is 213 Å². The van der Waals surface area contributed by atoms with Crippen LogP contribution in [0.3, 0.4) is 0 Å². The number of ether oxygens (including phenoxy) is 2. The lowest BCUT2D eigenvalue weighted by Gasteiger charge is -2.51. The number of alkyl carbamates (subject to hydrolysis) is 1. The number of hydroxylamine groups is 2. The van der Waals surface area contributed by atoms with Crippen molar-refractivity contribution in [1.82, 2.24) is 21.0 Å². The molecule has 36 heavy (non-hydrogen) atoms. The van der Waals surface area contributed by atoms with E-state index in [0.717, 1.165) is 18.5 Å². The Kier molecular flexibility index (Phi) is 9.32. The van der Waals surface area contributed by atoms with E-state index in [1.54, 1.807) is 0 Å². The first-order valence-corrected chi connectivity index (χ1v) is 12.7. The second-order valence-electron chi connectivity index (χ2n) is 10.9. The zero-order valence-electron chi connectivity index (χ0n) is 21.7. The monoisotopic (exact) mass is 504 g/mol. The second kappa shape index (κ2) is 12.0. The largest absolute Gasteiger partial charge is 0.461 e. The molecule has 2 fully saturated rings. The van der Waals surface area contributed by atoms with Gasteiger partial charge in [0.15, 0.2) is 0 Å². The lowest BCUT2D eigenvalue weighted by Crippen LogP contribution is -2.61. The van der Waals surface area contributed by atoms with Crippen LogP contribution in [0, 0.1) is 0 Å². The predicted molar refractivity (Wildman–Crippen MR) is 133 cm³/mol. The van der Waals surface area contributed by atoms with Crippen molar-refractivity contribution in [2.24, 2.45) is 0 Å². The molecule has 0 bridgehead atoms. The van der Waals surface area contributed by atoms with Crippen molar-refractivity contribution in [3.63, 3.8) is 0 Å². The fourth-order valence-electron chi connectivity index (χ4n) is 5.03. The van der Waals surface area contributed by atoms with Crippen molar-refractivity contribution in [3.8, 4) is 0 Å². The van der Waals surface area contributed by atoms with Gasteiger partial charge in [0, 0.05) is 30.5 Å². The number of nitrogens with zero attached hydrogens (tertiary/aromatic N) is 1. The number of hydrogen-bond donors (Lipinski definition) is 4. The summed E-state index contributed by atoms with van der Waals surface area (Å²) in [6.07, 6.45) is 1.64. The molecule has 2 aliphatic rings. The van der Waals surface area contributed by atoms with Crippen molar-refractivity contribution in [3.05, 3.63) is 35.9 Å². The molecule has 0 spiro atoms. The van der Waals surface area contributed by atoms with Gasteiger partial charge in [-0.1, -0.05) is 30.3 Å². The number of nitrogens with one attached hydrogen (secondary N) is 3. The van der Waals surface area contributed by atoms with Crippen molar-refractivity contribution in [1.29, 1.82) is 0 Å². The van der Waals surface area contributed by atoms with E-state index in [2.05, 4.69) is 16.0 Å². The van der Waals surface area contributed by atoms with Gasteiger partial charge in [0.1, 0.15) is 18.8 Å². The van der Waals surface area contributed by atoms with Crippen LogP contribution in [0.5, 0.6) is 0 Å². The SMILES string of the molecule is CC1(C)CC(OC(=O)[C@H](CCNC(=O)OCc2ccccc2)NC(=O)[C@@H]2CCCN2)CC(C)(C)N1O. The molecule has 1 aromatic carbocycles. The standard InChI is InChI=1S/C26H40N4O6/c1-25(2)15-19(16-26(3,4)30(25)34)36-23(32)21(29-22(31)20-11-8-13-27-20)12-14-28-24(33)35-17-18-9-6-5-7-10-18/h5-7,9-10,19-21,27,34H,8,11-17H2,1-4H3,(H,28,33)(H,29,31)/t20-,21-/m0/s1. The smallest absolute Gasteiger partial charge is 0.407 e. The van der Waals surface area contributed by atoms with Gasteiger partial charge in [-0.15, -0.1) is 0 Å². The molecular weight excluding hydrogens is 464 g/mol. The summed E-state index contributed by atoms with van der Waals surface area (Å²) in [7, 11) is 0. The predicted octanol–water partition coefficient (Wildman–Crippen LogP) is 2.49. The number of esters is 1. The molecule has 4 N–H and O–H groups in total. The van der Waals surface area contributed by atoms with Crippen LogP contribution in [0.25, 0.3) is 0 Å². The van der Waals surface area contributed by atoms with Crippen LogP contribution < -0.4 is 16.0 Å². The molecule has 0 aromatic heterocycles. The van der Waals surface area contributed by atoms with Crippen LogP contribution in [0.4, 0.5) is 4.79 Å². The van der Waals surface area contributed by atoms with Crippen LogP contribution in [-0.2, 0) is 25.7 Å². The molecule has 1 aromatic rings. The van der Waals surface area contributed by atoms with E-state index in [0.29, 0.717) is 19.3 Å². The summed E-state index contributed by atoms with van der Waals surface area (Å²) in [5, 5.41) is 20.4. The summed E-state index contributed by atoms with van der Waals surface area (Å²) >= 11 is 0. The maximum Gasteiger partial charge on any atom is 0.407 e. The molecular formula is C26H40N4O6. The third kappa shape index (κ3) is 7.65. The topological polar surface area (TPSA) is 129 Å². The average Bonchev–Trinajstić information content (AvgIpc) is 3.36. The maximum absolute atomic E-state index is 13.2. The quantitative estimate of drug-likeness (QED) is 0.378. The lowest BCUT2D eigenvalue weighted by atomic mass is 9.80. The van der Waals surface area contributed by atoms with E-state index in [1.165, 1.54) is 5.06 Å². The van der Waals surface area contributed by atoms with Crippen molar-refractivity contribution >= 4 is 18.0 Å². The van der Waals surface area contributed by atoms with Gasteiger partial charge >= 0.3 is 12.1 Å². The zero-order chi connectivity index (χ0) is 26.3. The Hall–Kier alpha value is -2.69. The molecule has 0 radical (unpaired) electrons. The third-order valence-electron chi connectivity index (χ3n) is 6.78. The van der Waals surface area contributed by atoms with E-state index in [9.17, 15) is 19.6 Å². The molecule has 0 unspecified atom stereocenters. The van der Waals surface area contributed by atoms with Crippen LogP contribution in [0.15, 0.2) is 30.3 Å². The van der Waals surface area contributed by atoms with Crippen LogP contribution >= 0.6 is 0 Å². The summed E-state index contributed by atoms with van der Waals surface area (Å²) < 4.78 is 11.1. The van der Waals surface area contributed by atoms with Gasteiger partial charge in [0.05, 0.1) is 6.04 Å². The van der Waals surface area contributed by atoms with Gasteiger partial charge in [-0.2, -0.15) is 5.06 Å². The number of benzene rings is 1. The minimum atomic E-state index is -0.923. The van der Waals surface area contributed by atoms with Gasteiger partial charge in [-0.05, 0) is 59.1 Å². The van der Waals surface area contributed by atoms with E-state index in [4.69, 9.17) is 9.47 Å². The van der Waals surface area contributed by atoms with Crippen LogP contribution in [0.2, 0.25) is 0 Å². The highest BCUT2D eigenvalue weighted by Gasteiger charge is 2.46. The highest BCUT2D eigenvalue weighted by atomic mass is 16.6. The number of rotatable bonds is 9. The van der Waals surface area contributed by atoms with E-state index in [1.807, 2.05) is 58.0 Å². The first-order chi connectivity index (χ1) is 17.0. The molecule has 0 aliphatic carbocycles. The number of hydrogen-bond acceptors (Lipinski definition) is 8. The molecule has 10 heteroatoms. The highest BCUT2D eigenvalue weighted by Crippen LogP contribution is 2.38. The fraction of sp³-hybridized carbons (Fsp3) is 0.654. The molecule has 2 heterocycles. The van der Waals surface area contributed by atoms with Crippen molar-refractivity contribution < 1.29 is 29.1 Å². The van der Waals surface area contributed by atoms with Gasteiger partial charge in [-0.25, -0.2) is 9.59 Å². The lowest BCUT2D eigenvalue weighted by molar-refractivity contribution is -0.259. The van der Waals surface area contributed by atoms with Crippen LogP contribution in [-0.4, -0.2) is 70.6 Å². The summed E-state index contributed by atoms with van der Waals surface area (Å²) in [4.78, 5) is 38.0. The Bertz CT molecular complexity index is 883. The first kappa shape index (κ1) is 27.9. The Morgan fingerprint density at radius 2 is 1.81 bits per heavy atom. The zero-order valence-corrected chi connectivity index (χ0v) is 21.7. The van der Waals surface area contributed by atoms with Crippen molar-refractivity contribution in [2.45, 2.75) is 95.7 Å². The summed E-state index contributed by atoms with van der Waals surface area (Å²) in [6.45, 7) is 8.59. The van der Waals surface area contributed by atoms with E-state index >= 15 is 0 Å². The first-order valence-electron chi connectivity index (χ1n) is 12.7. The number of carbonyl (C=O) groups is 3. The van der Waals surface area contributed by atoms with Crippen LogP contribution in [0.1, 0.15) is 65.4 Å². The number of carbonyl (C=O) groups excluding carboxylic acids is 3. The van der Waals surface area contributed by atoms with E-state index < -0.39 is 35.3 Å². The number of piperidine rings is 1. The molecule has 10 nitrogen and oxygen atoms in total. The summed E-state index contributed by atoms with van der Waals surface area (Å²) in [5.41, 5.74) is -0.294. The Morgan fingerprint density at radius 3 is 2.42 bits per heavy atom. The normalized spacial score (nSPS) is 22.4. The van der Waals surface area contributed by atoms with E-state index in [-0.39, 0.29) is 31.5 Å². The minimum Gasteiger partial charge on any atom is -0.461 e. The summed E-state index contributed by atoms with van der Waals surface area (Å²) in [5.74, 6) is -0.810. The Morgan fingerprint density at radius 1 is 1.14 bits per heavy atom. The second-order valence-corrected chi connectivity index (χ2v) is 10.9. The van der Waals surface area contributed by atoms with Gasteiger partial charge in [-0.3, -0.25) is 4.79 Å². The molecule has 2 saturated heterocycles. The number of amides is 2. The van der Waals surface area contributed by atoms with Gasteiger partial charge in [0.2, 0.25) is 5.91 Å². The fourth-order valence-corrected chi connectivity index (χ4v) is 5.03. The van der Waals surface area contributed by atoms with Gasteiger partial charge < -0.3 is 30.6 Å². The third-order valence-corrected chi connectivity index (χ3v) is 6.78. The average molecular weight is 505 g/mol. The molecule has 2 amide bonds. The highest BCUT2D eigenvalue weighted by molar-refractivity contribution is 5.87. The molecule has 2 atom stereocenters. The molecule has 2 aliphatic heterocycles. The van der Waals surface area contributed by atoms with Gasteiger partial charge in [0.25, 0.3) is 0 Å². The summed E-state index contributed by atoms with van der Waals surface area (Å²) in [6, 6.07) is 8.05. The molecule has 200 valence electrons.